The first kappa shape index (κ1) is 16.2. The molecule has 0 aromatic heterocycles. The fourth-order valence-electron chi connectivity index (χ4n) is 2.03. The third-order valence-electron chi connectivity index (χ3n) is 3.23. The zero-order chi connectivity index (χ0) is 15.9. The summed E-state index contributed by atoms with van der Waals surface area (Å²) in [5, 5.41) is 8.81. The summed E-state index contributed by atoms with van der Waals surface area (Å²) < 4.78 is 37.7. The van der Waals surface area contributed by atoms with Crippen molar-refractivity contribution < 1.29 is 23.4 Å². The van der Waals surface area contributed by atoms with Gasteiger partial charge in [-0.25, -0.2) is 4.39 Å². The second-order valence-corrected chi connectivity index (χ2v) is 4.85. The minimum atomic E-state index is -0.999. The molecule has 22 heavy (non-hydrogen) atoms. The van der Waals surface area contributed by atoms with E-state index in [0.717, 1.165) is 11.6 Å². The molecule has 2 aromatic rings. The van der Waals surface area contributed by atoms with Gasteiger partial charge in [0.05, 0.1) is 7.11 Å². The van der Waals surface area contributed by atoms with Gasteiger partial charge in [0, 0.05) is 6.61 Å². The molecule has 1 N–H and O–H groups in total. The third-order valence-corrected chi connectivity index (χ3v) is 3.23. The second-order valence-electron chi connectivity index (χ2n) is 4.85. The molecule has 0 aliphatic rings. The lowest BCUT2D eigenvalue weighted by molar-refractivity contribution is 0.281. The molecule has 0 fully saturated rings. The summed E-state index contributed by atoms with van der Waals surface area (Å²) in [6.07, 6.45) is 0.954. The first-order valence-corrected chi connectivity index (χ1v) is 6.98. The van der Waals surface area contributed by atoms with E-state index >= 15 is 0 Å². The lowest BCUT2D eigenvalue weighted by Gasteiger charge is -2.10. The van der Waals surface area contributed by atoms with Gasteiger partial charge in [-0.15, -0.1) is 0 Å². The van der Waals surface area contributed by atoms with E-state index in [4.69, 9.17) is 14.6 Å². The number of aryl methyl sites for hydroxylation is 1. The Morgan fingerprint density at radius 1 is 1.05 bits per heavy atom. The van der Waals surface area contributed by atoms with Crippen molar-refractivity contribution in [3.05, 3.63) is 59.2 Å². The molecule has 2 rings (SSSR count). The van der Waals surface area contributed by atoms with E-state index in [0.29, 0.717) is 24.2 Å². The molecule has 0 saturated heterocycles. The Balaban J connectivity index is 2.08. The number of ether oxygens (including phenoxy) is 2. The van der Waals surface area contributed by atoms with Gasteiger partial charge in [-0.2, -0.15) is 4.39 Å². The number of halogens is 2. The molecular weight excluding hydrogens is 290 g/mol. The van der Waals surface area contributed by atoms with Gasteiger partial charge >= 0.3 is 0 Å². The van der Waals surface area contributed by atoms with Crippen LogP contribution in [0.5, 0.6) is 11.5 Å². The summed E-state index contributed by atoms with van der Waals surface area (Å²) in [6.45, 7) is 0.130. The van der Waals surface area contributed by atoms with E-state index in [1.165, 1.54) is 6.07 Å². The van der Waals surface area contributed by atoms with Gasteiger partial charge in [-0.1, -0.05) is 12.1 Å². The largest absolute Gasteiger partial charge is 0.497 e. The number of aliphatic hydroxyl groups excluding tert-OH is 1. The van der Waals surface area contributed by atoms with Crippen LogP contribution in [0.15, 0.2) is 36.4 Å². The molecule has 0 aliphatic carbocycles. The SMILES string of the molecule is COc1ccc(COc2cc(CCCO)cc(F)c2F)cc1. The van der Waals surface area contributed by atoms with Gasteiger partial charge in [0.15, 0.2) is 11.6 Å². The average Bonchev–Trinajstić information content (AvgIpc) is 2.55. The molecule has 3 nitrogen and oxygen atoms in total. The first-order chi connectivity index (χ1) is 10.6. The van der Waals surface area contributed by atoms with Crippen LogP contribution in [-0.2, 0) is 13.0 Å². The van der Waals surface area contributed by atoms with Crippen molar-refractivity contribution in [3.63, 3.8) is 0 Å². The van der Waals surface area contributed by atoms with E-state index in [-0.39, 0.29) is 19.0 Å². The minimum absolute atomic E-state index is 0.00103. The van der Waals surface area contributed by atoms with Crippen molar-refractivity contribution in [2.24, 2.45) is 0 Å². The Hall–Kier alpha value is -2.14. The topological polar surface area (TPSA) is 38.7 Å². The highest BCUT2D eigenvalue weighted by Gasteiger charge is 2.12. The smallest absolute Gasteiger partial charge is 0.200 e. The summed E-state index contributed by atoms with van der Waals surface area (Å²) in [4.78, 5) is 0. The van der Waals surface area contributed by atoms with E-state index < -0.39 is 11.6 Å². The van der Waals surface area contributed by atoms with Gasteiger partial charge in [-0.05, 0) is 48.2 Å². The average molecular weight is 308 g/mol. The quantitative estimate of drug-likeness (QED) is 0.851. The fourth-order valence-corrected chi connectivity index (χ4v) is 2.03. The van der Waals surface area contributed by atoms with Gasteiger partial charge in [0.25, 0.3) is 0 Å². The van der Waals surface area contributed by atoms with Crippen LogP contribution in [0.2, 0.25) is 0 Å². The summed E-state index contributed by atoms with van der Waals surface area (Å²) in [5.74, 6) is -1.35. The molecule has 0 radical (unpaired) electrons. The highest BCUT2D eigenvalue weighted by Crippen LogP contribution is 2.24. The van der Waals surface area contributed by atoms with Crippen molar-refractivity contribution in [2.45, 2.75) is 19.4 Å². The van der Waals surface area contributed by atoms with Crippen LogP contribution < -0.4 is 9.47 Å². The van der Waals surface area contributed by atoms with Crippen LogP contribution in [-0.4, -0.2) is 18.8 Å². The molecule has 0 spiro atoms. The number of aliphatic hydroxyl groups is 1. The second kappa shape index (κ2) is 7.75. The van der Waals surface area contributed by atoms with Crippen LogP contribution in [0.4, 0.5) is 8.78 Å². The molecule has 0 saturated carbocycles. The highest BCUT2D eigenvalue weighted by molar-refractivity contribution is 5.32. The normalized spacial score (nSPS) is 10.5. The van der Waals surface area contributed by atoms with Crippen molar-refractivity contribution in [2.75, 3.05) is 13.7 Å². The van der Waals surface area contributed by atoms with Crippen molar-refractivity contribution in [3.8, 4) is 11.5 Å². The van der Waals surface area contributed by atoms with E-state index in [2.05, 4.69) is 0 Å². The number of hydrogen-bond donors (Lipinski definition) is 1. The lowest BCUT2D eigenvalue weighted by atomic mass is 10.1. The van der Waals surface area contributed by atoms with E-state index in [1.54, 1.807) is 31.4 Å². The van der Waals surface area contributed by atoms with Crippen LogP contribution in [0.1, 0.15) is 17.5 Å². The van der Waals surface area contributed by atoms with Crippen LogP contribution >= 0.6 is 0 Å². The van der Waals surface area contributed by atoms with Gasteiger partial charge in [0.2, 0.25) is 5.82 Å². The maximum atomic E-state index is 13.8. The Bertz CT molecular complexity index is 612. The molecule has 5 heteroatoms. The van der Waals surface area contributed by atoms with Crippen LogP contribution in [0.25, 0.3) is 0 Å². The molecule has 0 unspecified atom stereocenters. The summed E-state index contributed by atoms with van der Waals surface area (Å²) >= 11 is 0. The number of hydrogen-bond acceptors (Lipinski definition) is 3. The van der Waals surface area contributed by atoms with Crippen LogP contribution in [0, 0.1) is 11.6 Å². The molecule has 2 aromatic carbocycles. The van der Waals surface area contributed by atoms with Crippen molar-refractivity contribution >= 4 is 0 Å². The molecule has 0 amide bonds. The molecule has 0 bridgehead atoms. The van der Waals surface area contributed by atoms with E-state index in [1.807, 2.05) is 0 Å². The van der Waals surface area contributed by atoms with Gasteiger partial charge in [0.1, 0.15) is 12.4 Å². The Morgan fingerprint density at radius 2 is 1.77 bits per heavy atom. The minimum Gasteiger partial charge on any atom is -0.497 e. The molecule has 0 aliphatic heterocycles. The zero-order valence-electron chi connectivity index (χ0n) is 12.3. The standard InChI is InChI=1S/C17H18F2O3/c1-21-14-6-4-12(5-7-14)11-22-16-10-13(3-2-8-20)9-15(18)17(16)19/h4-7,9-10,20H,2-3,8,11H2,1H3. The Labute approximate surface area is 128 Å². The molecular formula is C17H18F2O3. The Kier molecular flexibility index (Phi) is 5.72. The van der Waals surface area contributed by atoms with E-state index in [9.17, 15) is 8.78 Å². The first-order valence-electron chi connectivity index (χ1n) is 6.98. The summed E-state index contributed by atoms with van der Waals surface area (Å²) in [5.41, 5.74) is 1.42. The predicted molar refractivity (Wildman–Crippen MR) is 79.1 cm³/mol. The summed E-state index contributed by atoms with van der Waals surface area (Å²) in [6, 6.07) is 9.73. The number of rotatable bonds is 7. The maximum Gasteiger partial charge on any atom is 0.200 e. The number of benzene rings is 2. The molecule has 0 heterocycles. The number of methoxy groups -OCH3 is 1. The molecule has 0 atom stereocenters. The zero-order valence-corrected chi connectivity index (χ0v) is 12.3. The third kappa shape index (κ3) is 4.18. The van der Waals surface area contributed by atoms with Crippen molar-refractivity contribution in [1.29, 1.82) is 0 Å². The monoisotopic (exact) mass is 308 g/mol. The Morgan fingerprint density at radius 3 is 2.41 bits per heavy atom. The molecule has 118 valence electrons. The van der Waals surface area contributed by atoms with Crippen molar-refractivity contribution in [1.82, 2.24) is 0 Å². The summed E-state index contributed by atoms with van der Waals surface area (Å²) in [7, 11) is 1.57. The maximum absolute atomic E-state index is 13.8. The predicted octanol–water partition coefficient (Wildman–Crippen LogP) is 3.48. The van der Waals surface area contributed by atoms with Gasteiger partial charge < -0.3 is 14.6 Å². The van der Waals surface area contributed by atoms with Crippen LogP contribution in [0.3, 0.4) is 0 Å². The van der Waals surface area contributed by atoms with Gasteiger partial charge in [-0.3, -0.25) is 0 Å². The highest BCUT2D eigenvalue weighted by atomic mass is 19.2. The fraction of sp³-hybridized carbons (Fsp3) is 0.294. The lowest BCUT2D eigenvalue weighted by Crippen LogP contribution is -2.01.